The number of halogens is 1. The molecule has 0 aliphatic carbocycles. The maximum Gasteiger partial charge on any atom is 0.331 e. The van der Waals surface area contributed by atoms with Crippen molar-refractivity contribution in [3.63, 3.8) is 0 Å². The van der Waals surface area contributed by atoms with E-state index < -0.39 is 18.4 Å². The monoisotopic (exact) mass is 441 g/mol. The van der Waals surface area contributed by atoms with Crippen LogP contribution in [0.1, 0.15) is 5.56 Å². The summed E-state index contributed by atoms with van der Waals surface area (Å²) < 4.78 is 4.86. The van der Waals surface area contributed by atoms with Crippen LogP contribution in [0.4, 0.5) is 15.3 Å². The Morgan fingerprint density at radius 2 is 1.84 bits per heavy atom. The standard InChI is InChI=1S/C21H20ClN5O4/c22-16-5-1-14(2-6-16)13-27-19(24-20(29)26(10-11-28)21(27)30)23-17-7-3-15(4-8-17)18-9-12-31-25-18/h1-9,12,19,23,28H,10-11,13H2,(H,24,29). The second-order valence-corrected chi connectivity index (χ2v) is 7.31. The first-order valence-electron chi connectivity index (χ1n) is 9.56. The van der Waals surface area contributed by atoms with Crippen molar-refractivity contribution < 1.29 is 19.2 Å². The van der Waals surface area contributed by atoms with Gasteiger partial charge >= 0.3 is 12.1 Å². The molecule has 0 spiro atoms. The van der Waals surface area contributed by atoms with Crippen molar-refractivity contribution in [3.8, 4) is 11.3 Å². The van der Waals surface area contributed by atoms with Crippen LogP contribution in [0.3, 0.4) is 0 Å². The highest BCUT2D eigenvalue weighted by molar-refractivity contribution is 6.30. The van der Waals surface area contributed by atoms with E-state index in [0.29, 0.717) is 16.4 Å². The first-order chi connectivity index (χ1) is 15.0. The lowest BCUT2D eigenvalue weighted by Crippen LogP contribution is -2.67. The van der Waals surface area contributed by atoms with Crippen molar-refractivity contribution in [1.82, 2.24) is 20.3 Å². The molecule has 0 radical (unpaired) electrons. The lowest BCUT2D eigenvalue weighted by Gasteiger charge is -2.41. The maximum absolute atomic E-state index is 13.0. The molecule has 0 saturated carbocycles. The van der Waals surface area contributed by atoms with Crippen molar-refractivity contribution in [2.75, 3.05) is 18.5 Å². The van der Waals surface area contributed by atoms with Crippen LogP contribution in [0.15, 0.2) is 65.4 Å². The summed E-state index contributed by atoms with van der Waals surface area (Å²) in [6.07, 6.45) is 0.709. The zero-order valence-electron chi connectivity index (χ0n) is 16.4. The van der Waals surface area contributed by atoms with Crippen molar-refractivity contribution in [1.29, 1.82) is 0 Å². The average Bonchev–Trinajstić information content (AvgIpc) is 3.31. The van der Waals surface area contributed by atoms with Gasteiger partial charge < -0.3 is 14.9 Å². The van der Waals surface area contributed by atoms with Crippen LogP contribution >= 0.6 is 11.6 Å². The van der Waals surface area contributed by atoms with Gasteiger partial charge in [-0.05, 0) is 29.8 Å². The zero-order valence-corrected chi connectivity index (χ0v) is 17.1. The Labute approximate surface area is 183 Å². The number of benzene rings is 2. The van der Waals surface area contributed by atoms with Crippen molar-refractivity contribution in [2.45, 2.75) is 12.8 Å². The number of nitrogens with one attached hydrogen (secondary N) is 2. The third-order valence-corrected chi connectivity index (χ3v) is 5.06. The molecule has 1 aliphatic heterocycles. The van der Waals surface area contributed by atoms with E-state index in [-0.39, 0.29) is 19.7 Å². The van der Waals surface area contributed by atoms with Gasteiger partial charge in [-0.2, -0.15) is 0 Å². The molecule has 4 rings (SSSR count). The summed E-state index contributed by atoms with van der Waals surface area (Å²) >= 11 is 5.96. The summed E-state index contributed by atoms with van der Waals surface area (Å²) in [5.74, 6) is 0. The molecule has 3 N–H and O–H groups in total. The van der Waals surface area contributed by atoms with E-state index in [1.54, 1.807) is 18.2 Å². The van der Waals surface area contributed by atoms with Gasteiger partial charge in [-0.3, -0.25) is 10.2 Å². The molecule has 1 unspecified atom stereocenters. The molecule has 31 heavy (non-hydrogen) atoms. The Balaban J connectivity index is 1.56. The molecular weight excluding hydrogens is 422 g/mol. The SMILES string of the molecule is O=C1NC(Nc2ccc(-c3ccon3)cc2)N(Cc2ccc(Cl)cc2)C(=O)N1CCO. The Morgan fingerprint density at radius 1 is 1.10 bits per heavy atom. The van der Waals surface area contributed by atoms with Crippen molar-refractivity contribution in [2.24, 2.45) is 0 Å². The van der Waals surface area contributed by atoms with E-state index in [0.717, 1.165) is 16.0 Å². The van der Waals surface area contributed by atoms with Crippen molar-refractivity contribution in [3.05, 3.63) is 71.4 Å². The number of carbonyl (C=O) groups is 2. The quantitative estimate of drug-likeness (QED) is 0.518. The van der Waals surface area contributed by atoms with Crippen LogP contribution in [0.2, 0.25) is 5.02 Å². The summed E-state index contributed by atoms with van der Waals surface area (Å²) in [5.41, 5.74) is 3.11. The fourth-order valence-electron chi connectivity index (χ4n) is 3.24. The van der Waals surface area contributed by atoms with Gasteiger partial charge in [0, 0.05) is 22.3 Å². The smallest absolute Gasteiger partial charge is 0.331 e. The molecule has 2 aromatic carbocycles. The number of urea groups is 2. The first kappa shape index (κ1) is 20.7. The number of hydrogen-bond acceptors (Lipinski definition) is 6. The molecule has 1 aliphatic rings. The summed E-state index contributed by atoms with van der Waals surface area (Å²) in [6, 6.07) is 15.1. The number of hydrogen-bond donors (Lipinski definition) is 3. The number of β-amino-alcohol motifs (C(OH)–C–C–N with tert-alkyl or cyclic N) is 1. The second kappa shape index (κ2) is 9.07. The van der Waals surface area contributed by atoms with Crippen LogP contribution in [-0.2, 0) is 6.54 Å². The predicted octanol–water partition coefficient (Wildman–Crippen LogP) is 3.33. The number of aliphatic hydroxyl groups excluding tert-OH is 1. The number of aliphatic hydroxyl groups is 1. The Hall–Kier alpha value is -3.56. The van der Waals surface area contributed by atoms with E-state index >= 15 is 0 Å². The minimum absolute atomic E-state index is 0.0963. The van der Waals surface area contributed by atoms with Crippen LogP contribution in [0.25, 0.3) is 11.3 Å². The molecular formula is C21H20ClN5O4. The molecule has 1 fully saturated rings. The first-order valence-corrected chi connectivity index (χ1v) is 9.94. The number of imide groups is 1. The van der Waals surface area contributed by atoms with Gasteiger partial charge in [-0.25, -0.2) is 14.5 Å². The van der Waals surface area contributed by atoms with E-state index in [4.69, 9.17) is 16.1 Å². The van der Waals surface area contributed by atoms with Gasteiger partial charge in [0.2, 0.25) is 0 Å². The third kappa shape index (κ3) is 4.62. The zero-order chi connectivity index (χ0) is 21.8. The van der Waals surface area contributed by atoms with Crippen molar-refractivity contribution >= 4 is 29.4 Å². The molecule has 0 bridgehead atoms. The molecule has 3 aromatic rings. The van der Waals surface area contributed by atoms with Crippen LogP contribution in [0, 0.1) is 0 Å². The minimum Gasteiger partial charge on any atom is -0.395 e. The molecule has 2 heterocycles. The van der Waals surface area contributed by atoms with E-state index in [2.05, 4.69) is 15.8 Å². The average molecular weight is 442 g/mol. The Kier molecular flexibility index (Phi) is 6.06. The summed E-state index contributed by atoms with van der Waals surface area (Å²) in [6.45, 7) is -0.191. The molecule has 1 saturated heterocycles. The van der Waals surface area contributed by atoms with Gasteiger partial charge in [0.1, 0.15) is 12.0 Å². The van der Waals surface area contributed by atoms with E-state index in [9.17, 15) is 14.7 Å². The number of carbonyl (C=O) groups excluding carboxylic acids is 2. The molecule has 9 nitrogen and oxygen atoms in total. The predicted molar refractivity (Wildman–Crippen MR) is 114 cm³/mol. The highest BCUT2D eigenvalue weighted by atomic mass is 35.5. The third-order valence-electron chi connectivity index (χ3n) is 4.81. The second-order valence-electron chi connectivity index (χ2n) is 6.87. The maximum atomic E-state index is 13.0. The van der Waals surface area contributed by atoms with Gasteiger partial charge in [0.25, 0.3) is 0 Å². The lowest BCUT2D eigenvalue weighted by molar-refractivity contribution is 0.0992. The highest BCUT2D eigenvalue weighted by Gasteiger charge is 2.38. The summed E-state index contributed by atoms with van der Waals surface area (Å²) in [7, 11) is 0. The minimum atomic E-state index is -0.788. The lowest BCUT2D eigenvalue weighted by atomic mass is 10.1. The normalized spacial score (nSPS) is 16.4. The summed E-state index contributed by atoms with van der Waals surface area (Å²) in [5, 5.41) is 19.7. The summed E-state index contributed by atoms with van der Waals surface area (Å²) in [4.78, 5) is 27.9. The molecule has 1 atom stereocenters. The molecule has 4 amide bonds. The van der Waals surface area contributed by atoms with E-state index in [1.807, 2.05) is 36.4 Å². The van der Waals surface area contributed by atoms with Crippen LogP contribution in [-0.4, -0.2) is 51.6 Å². The Bertz CT molecular complexity index is 1040. The Morgan fingerprint density at radius 3 is 2.48 bits per heavy atom. The van der Waals surface area contributed by atoms with E-state index in [1.165, 1.54) is 11.2 Å². The number of anilines is 1. The van der Waals surface area contributed by atoms with Crippen LogP contribution in [0.5, 0.6) is 0 Å². The molecule has 160 valence electrons. The fraction of sp³-hybridized carbons (Fsp3) is 0.190. The highest BCUT2D eigenvalue weighted by Crippen LogP contribution is 2.22. The van der Waals surface area contributed by atoms with Gasteiger partial charge in [-0.1, -0.05) is 41.0 Å². The number of amides is 4. The fourth-order valence-corrected chi connectivity index (χ4v) is 3.36. The number of rotatable bonds is 7. The number of nitrogens with zero attached hydrogens (tertiary/aromatic N) is 3. The topological polar surface area (TPSA) is 111 Å². The molecule has 1 aromatic heterocycles. The van der Waals surface area contributed by atoms with Gasteiger partial charge in [0.05, 0.1) is 19.7 Å². The van der Waals surface area contributed by atoms with Crippen LogP contribution < -0.4 is 10.6 Å². The van der Waals surface area contributed by atoms with Gasteiger partial charge in [0.15, 0.2) is 6.29 Å². The number of aromatic nitrogens is 1. The largest absolute Gasteiger partial charge is 0.395 e. The van der Waals surface area contributed by atoms with Gasteiger partial charge in [-0.15, -0.1) is 0 Å². The molecule has 10 heteroatoms.